The molecule has 0 fully saturated rings. The van der Waals surface area contributed by atoms with Crippen molar-refractivity contribution >= 4 is 11.6 Å². The van der Waals surface area contributed by atoms with Gasteiger partial charge in [-0.2, -0.15) is 0 Å². The zero-order valence-electron chi connectivity index (χ0n) is 7.24. The highest BCUT2D eigenvalue weighted by Gasteiger charge is 1.91. The molecule has 70 valence electrons. The summed E-state index contributed by atoms with van der Waals surface area (Å²) >= 11 is 5.34. The summed E-state index contributed by atoms with van der Waals surface area (Å²) in [5.41, 5.74) is 7.99. The maximum Gasteiger partial charge on any atom is 0.119 e. The summed E-state index contributed by atoms with van der Waals surface area (Å²) in [5.74, 6) is 0.826. The molecule has 0 radical (unpaired) electrons. The Kier molecular flexibility index (Phi) is 4.36. The van der Waals surface area contributed by atoms with E-state index >= 15 is 0 Å². The lowest BCUT2D eigenvalue weighted by Gasteiger charge is -2.03. The van der Waals surface area contributed by atoms with E-state index in [2.05, 4.69) is 0 Å². The first-order chi connectivity index (χ1) is 6.36. The fraction of sp³-hybridized carbons (Fsp3) is 0.200. The van der Waals surface area contributed by atoms with Crippen LogP contribution in [0.25, 0.3) is 0 Å². The highest BCUT2D eigenvalue weighted by molar-refractivity contribution is 6.25. The van der Waals surface area contributed by atoms with Gasteiger partial charge in [0.05, 0.1) is 0 Å². The Labute approximate surface area is 83.0 Å². The standard InChI is InChI=1S/C10H12ClNO/c11-6-1-7-13-10-4-2-9(8-12)3-5-10/h1-6H,7-8,12H2/b6-1+. The zero-order valence-corrected chi connectivity index (χ0v) is 8.00. The molecule has 1 aromatic carbocycles. The molecule has 0 unspecified atom stereocenters. The lowest BCUT2D eigenvalue weighted by Crippen LogP contribution is -1.97. The van der Waals surface area contributed by atoms with E-state index < -0.39 is 0 Å². The maximum absolute atomic E-state index is 5.45. The van der Waals surface area contributed by atoms with Crippen LogP contribution in [0.5, 0.6) is 5.75 Å². The molecule has 0 aromatic heterocycles. The van der Waals surface area contributed by atoms with E-state index in [0.29, 0.717) is 13.2 Å². The fourth-order valence-electron chi connectivity index (χ4n) is 0.902. The smallest absolute Gasteiger partial charge is 0.119 e. The molecule has 13 heavy (non-hydrogen) atoms. The molecule has 1 rings (SSSR count). The maximum atomic E-state index is 5.45. The van der Waals surface area contributed by atoms with Crippen LogP contribution >= 0.6 is 11.6 Å². The monoisotopic (exact) mass is 197 g/mol. The highest BCUT2D eigenvalue weighted by Crippen LogP contribution is 2.11. The summed E-state index contributed by atoms with van der Waals surface area (Å²) in [7, 11) is 0. The lowest BCUT2D eigenvalue weighted by atomic mass is 10.2. The van der Waals surface area contributed by atoms with E-state index in [1.165, 1.54) is 5.54 Å². The van der Waals surface area contributed by atoms with Crippen molar-refractivity contribution in [3.05, 3.63) is 41.4 Å². The number of ether oxygens (including phenoxy) is 1. The quantitative estimate of drug-likeness (QED) is 0.804. The van der Waals surface area contributed by atoms with E-state index in [1.807, 2.05) is 24.3 Å². The van der Waals surface area contributed by atoms with Gasteiger partial charge in [-0.25, -0.2) is 0 Å². The van der Waals surface area contributed by atoms with E-state index in [9.17, 15) is 0 Å². The Morgan fingerprint density at radius 1 is 1.31 bits per heavy atom. The summed E-state index contributed by atoms with van der Waals surface area (Å²) in [6.07, 6.45) is 1.73. The largest absolute Gasteiger partial charge is 0.490 e. The predicted molar refractivity (Wildman–Crippen MR) is 54.8 cm³/mol. The molecule has 0 spiro atoms. The summed E-state index contributed by atoms with van der Waals surface area (Å²) in [6, 6.07) is 7.67. The molecule has 0 aliphatic carbocycles. The van der Waals surface area contributed by atoms with Crippen molar-refractivity contribution in [2.45, 2.75) is 6.54 Å². The van der Waals surface area contributed by atoms with Crippen molar-refractivity contribution in [1.29, 1.82) is 0 Å². The van der Waals surface area contributed by atoms with E-state index in [-0.39, 0.29) is 0 Å². The molecule has 0 saturated heterocycles. The lowest BCUT2D eigenvalue weighted by molar-refractivity contribution is 0.363. The normalized spacial score (nSPS) is 10.6. The topological polar surface area (TPSA) is 35.2 Å². The summed E-state index contributed by atoms with van der Waals surface area (Å²) in [5, 5.41) is 0. The molecule has 0 bridgehead atoms. The van der Waals surface area contributed by atoms with Crippen LogP contribution in [0.4, 0.5) is 0 Å². The SMILES string of the molecule is NCc1ccc(OC/C=C/Cl)cc1. The average molecular weight is 198 g/mol. The second kappa shape index (κ2) is 5.62. The van der Waals surface area contributed by atoms with Gasteiger partial charge in [0.2, 0.25) is 0 Å². The van der Waals surface area contributed by atoms with E-state index in [1.54, 1.807) is 6.08 Å². The molecule has 0 saturated carbocycles. The Hall–Kier alpha value is -0.990. The van der Waals surface area contributed by atoms with Gasteiger partial charge >= 0.3 is 0 Å². The molecular weight excluding hydrogens is 186 g/mol. The summed E-state index contributed by atoms with van der Waals surface area (Å²) < 4.78 is 5.33. The van der Waals surface area contributed by atoms with Gasteiger partial charge in [0, 0.05) is 12.1 Å². The zero-order chi connectivity index (χ0) is 9.52. The van der Waals surface area contributed by atoms with Gasteiger partial charge in [0.1, 0.15) is 12.4 Å². The second-order valence-corrected chi connectivity index (χ2v) is 2.77. The minimum Gasteiger partial charge on any atom is -0.490 e. The third-order valence-electron chi connectivity index (χ3n) is 1.59. The van der Waals surface area contributed by atoms with Crippen LogP contribution in [0.3, 0.4) is 0 Å². The minimum atomic E-state index is 0.492. The van der Waals surface area contributed by atoms with Crippen LogP contribution < -0.4 is 10.5 Å². The number of hydrogen-bond donors (Lipinski definition) is 1. The molecule has 2 N–H and O–H groups in total. The molecule has 1 aromatic rings. The highest BCUT2D eigenvalue weighted by atomic mass is 35.5. The molecule has 0 aliphatic rings. The van der Waals surface area contributed by atoms with Gasteiger partial charge in [-0.15, -0.1) is 0 Å². The van der Waals surface area contributed by atoms with Crippen molar-refractivity contribution in [2.24, 2.45) is 5.73 Å². The number of hydrogen-bond acceptors (Lipinski definition) is 2. The van der Waals surface area contributed by atoms with Crippen LogP contribution in [0, 0.1) is 0 Å². The molecule has 0 amide bonds. The molecular formula is C10H12ClNO. The van der Waals surface area contributed by atoms with Crippen LogP contribution in [0.15, 0.2) is 35.9 Å². The molecule has 0 heterocycles. The van der Waals surface area contributed by atoms with Crippen molar-refractivity contribution in [3.8, 4) is 5.75 Å². The second-order valence-electron chi connectivity index (χ2n) is 2.52. The van der Waals surface area contributed by atoms with Gasteiger partial charge in [-0.3, -0.25) is 0 Å². The average Bonchev–Trinajstić information content (AvgIpc) is 2.19. The number of benzene rings is 1. The summed E-state index contributed by atoms with van der Waals surface area (Å²) in [4.78, 5) is 0. The summed E-state index contributed by atoms with van der Waals surface area (Å²) in [6.45, 7) is 1.05. The van der Waals surface area contributed by atoms with Crippen LogP contribution in [-0.2, 0) is 6.54 Å². The first-order valence-corrected chi connectivity index (χ1v) is 4.47. The molecule has 2 nitrogen and oxygen atoms in total. The van der Waals surface area contributed by atoms with Gasteiger partial charge in [-0.05, 0) is 23.8 Å². The third kappa shape index (κ3) is 3.49. The number of rotatable bonds is 4. The number of nitrogens with two attached hydrogens (primary N) is 1. The van der Waals surface area contributed by atoms with Crippen molar-refractivity contribution in [2.75, 3.05) is 6.61 Å². The van der Waals surface area contributed by atoms with Gasteiger partial charge in [0.25, 0.3) is 0 Å². The Morgan fingerprint density at radius 3 is 2.54 bits per heavy atom. The predicted octanol–water partition coefficient (Wildman–Crippen LogP) is 2.28. The first-order valence-electron chi connectivity index (χ1n) is 4.04. The van der Waals surface area contributed by atoms with Crippen LogP contribution in [-0.4, -0.2) is 6.61 Å². The molecule has 0 aliphatic heterocycles. The minimum absolute atomic E-state index is 0.492. The first kappa shape index (κ1) is 10.1. The van der Waals surface area contributed by atoms with Crippen molar-refractivity contribution in [3.63, 3.8) is 0 Å². The van der Waals surface area contributed by atoms with E-state index in [0.717, 1.165) is 11.3 Å². The van der Waals surface area contributed by atoms with Crippen molar-refractivity contribution < 1.29 is 4.74 Å². The van der Waals surface area contributed by atoms with Crippen LogP contribution in [0.1, 0.15) is 5.56 Å². The third-order valence-corrected chi connectivity index (χ3v) is 1.77. The van der Waals surface area contributed by atoms with Gasteiger partial charge < -0.3 is 10.5 Å². The Balaban J connectivity index is 2.49. The van der Waals surface area contributed by atoms with Gasteiger partial charge in [-0.1, -0.05) is 23.7 Å². The Bertz CT molecular complexity index is 269. The van der Waals surface area contributed by atoms with E-state index in [4.69, 9.17) is 22.1 Å². The Morgan fingerprint density at radius 2 is 2.00 bits per heavy atom. The fourth-order valence-corrected chi connectivity index (χ4v) is 0.975. The van der Waals surface area contributed by atoms with Gasteiger partial charge in [0.15, 0.2) is 0 Å². The number of halogens is 1. The van der Waals surface area contributed by atoms with Crippen LogP contribution in [0.2, 0.25) is 0 Å². The van der Waals surface area contributed by atoms with Crippen molar-refractivity contribution in [1.82, 2.24) is 0 Å². The molecule has 0 atom stereocenters. The molecule has 3 heteroatoms.